The van der Waals surface area contributed by atoms with Crippen LogP contribution in [0.1, 0.15) is 5.56 Å². The van der Waals surface area contributed by atoms with Gasteiger partial charge >= 0.3 is 0 Å². The van der Waals surface area contributed by atoms with Gasteiger partial charge in [-0.15, -0.1) is 0 Å². The van der Waals surface area contributed by atoms with Gasteiger partial charge in [-0.25, -0.2) is 4.39 Å². The molecule has 0 unspecified atom stereocenters. The predicted octanol–water partition coefficient (Wildman–Crippen LogP) is 2.34. The van der Waals surface area contributed by atoms with Gasteiger partial charge in [0.05, 0.1) is 6.61 Å². The fourth-order valence-electron chi connectivity index (χ4n) is 1.62. The van der Waals surface area contributed by atoms with E-state index >= 15 is 0 Å². The Morgan fingerprint density at radius 2 is 1.95 bits per heavy atom. The van der Waals surface area contributed by atoms with E-state index in [9.17, 15) is 9.18 Å². The molecule has 0 fully saturated rings. The Bertz CT molecular complexity index is 584. The Labute approximate surface area is 115 Å². The smallest absolute Gasteiger partial charge is 0.262 e. The molecule has 2 N–H and O–H groups in total. The van der Waals surface area contributed by atoms with Crippen LogP contribution in [-0.4, -0.2) is 17.6 Å². The maximum atomic E-state index is 12.7. The van der Waals surface area contributed by atoms with Crippen molar-refractivity contribution in [1.29, 1.82) is 0 Å². The zero-order valence-electron chi connectivity index (χ0n) is 10.7. The van der Waals surface area contributed by atoms with Crippen LogP contribution in [0.3, 0.4) is 0 Å². The van der Waals surface area contributed by atoms with E-state index in [1.54, 1.807) is 24.3 Å². The highest BCUT2D eigenvalue weighted by Crippen LogP contribution is 2.12. The van der Waals surface area contributed by atoms with Crippen molar-refractivity contribution in [2.45, 2.75) is 6.61 Å². The van der Waals surface area contributed by atoms with Crippen molar-refractivity contribution >= 4 is 11.6 Å². The molecule has 0 saturated carbocycles. The van der Waals surface area contributed by atoms with Crippen LogP contribution in [0.5, 0.6) is 5.75 Å². The quantitative estimate of drug-likeness (QED) is 0.880. The largest absolute Gasteiger partial charge is 0.484 e. The molecule has 5 heteroatoms. The van der Waals surface area contributed by atoms with Crippen molar-refractivity contribution in [2.75, 3.05) is 11.9 Å². The highest BCUT2D eigenvalue weighted by molar-refractivity contribution is 5.91. The molecule has 0 aliphatic heterocycles. The number of hydrogen-bond acceptors (Lipinski definition) is 3. The van der Waals surface area contributed by atoms with Gasteiger partial charge in [-0.1, -0.05) is 12.1 Å². The average Bonchev–Trinajstić information content (AvgIpc) is 2.47. The summed E-state index contributed by atoms with van der Waals surface area (Å²) in [4.78, 5) is 11.7. The zero-order chi connectivity index (χ0) is 14.4. The fourth-order valence-corrected chi connectivity index (χ4v) is 1.62. The Kier molecular flexibility index (Phi) is 4.68. The third-order valence-corrected chi connectivity index (χ3v) is 2.58. The molecule has 0 aliphatic rings. The topological polar surface area (TPSA) is 58.6 Å². The normalized spacial score (nSPS) is 10.1. The second-order valence-corrected chi connectivity index (χ2v) is 4.15. The van der Waals surface area contributed by atoms with Gasteiger partial charge in [0.1, 0.15) is 11.6 Å². The number of benzene rings is 2. The lowest BCUT2D eigenvalue weighted by atomic mass is 10.2. The summed E-state index contributed by atoms with van der Waals surface area (Å²) in [5.41, 5.74) is 1.30. The molecule has 2 rings (SSSR count). The first-order valence-corrected chi connectivity index (χ1v) is 6.05. The molecule has 2 aromatic rings. The molecule has 0 atom stereocenters. The van der Waals surface area contributed by atoms with Crippen molar-refractivity contribution in [3.05, 3.63) is 59.9 Å². The molecule has 0 heterocycles. The van der Waals surface area contributed by atoms with E-state index in [4.69, 9.17) is 9.84 Å². The molecule has 2 aromatic carbocycles. The third kappa shape index (κ3) is 4.07. The van der Waals surface area contributed by atoms with Crippen molar-refractivity contribution in [1.82, 2.24) is 0 Å². The molecule has 0 saturated heterocycles. The molecule has 4 nitrogen and oxygen atoms in total. The number of ether oxygens (including phenoxy) is 1. The lowest BCUT2D eigenvalue weighted by Crippen LogP contribution is -2.20. The van der Waals surface area contributed by atoms with E-state index in [0.717, 1.165) is 0 Å². The second kappa shape index (κ2) is 6.68. The van der Waals surface area contributed by atoms with Crippen LogP contribution in [0, 0.1) is 5.82 Å². The van der Waals surface area contributed by atoms with E-state index < -0.39 is 0 Å². The summed E-state index contributed by atoms with van der Waals surface area (Å²) in [6, 6.07) is 12.3. The van der Waals surface area contributed by atoms with Crippen LogP contribution in [0.2, 0.25) is 0 Å². The number of aliphatic hydroxyl groups is 1. The molecule has 0 aromatic heterocycles. The van der Waals surface area contributed by atoms with E-state index in [0.29, 0.717) is 17.0 Å². The number of halogens is 1. The summed E-state index contributed by atoms with van der Waals surface area (Å²) in [6.45, 7) is -0.259. The van der Waals surface area contributed by atoms with Crippen LogP contribution in [0.4, 0.5) is 10.1 Å². The number of carbonyl (C=O) groups is 1. The van der Waals surface area contributed by atoms with E-state index in [1.807, 2.05) is 0 Å². The van der Waals surface area contributed by atoms with Crippen LogP contribution < -0.4 is 10.1 Å². The highest BCUT2D eigenvalue weighted by Gasteiger charge is 2.04. The number of rotatable bonds is 5. The molecule has 0 radical (unpaired) electrons. The van der Waals surface area contributed by atoms with E-state index in [-0.39, 0.29) is 24.9 Å². The summed E-state index contributed by atoms with van der Waals surface area (Å²) in [7, 11) is 0. The van der Waals surface area contributed by atoms with Crippen molar-refractivity contribution in [3.63, 3.8) is 0 Å². The monoisotopic (exact) mass is 275 g/mol. The molecule has 104 valence electrons. The van der Waals surface area contributed by atoms with Crippen LogP contribution in [-0.2, 0) is 11.4 Å². The molecule has 1 amide bonds. The first kappa shape index (κ1) is 14.0. The first-order chi connectivity index (χ1) is 9.67. The number of amides is 1. The summed E-state index contributed by atoms with van der Waals surface area (Å²) in [6.07, 6.45) is 0. The Morgan fingerprint density at radius 3 is 2.65 bits per heavy atom. The van der Waals surface area contributed by atoms with Gasteiger partial charge in [-0.3, -0.25) is 4.79 Å². The SMILES string of the molecule is O=C(COc1ccc(F)cc1)Nc1cccc(CO)c1. The number of hydrogen-bond donors (Lipinski definition) is 2. The van der Waals surface area contributed by atoms with E-state index in [2.05, 4.69) is 5.32 Å². The summed E-state index contributed by atoms with van der Waals surface area (Å²) in [5, 5.41) is 11.7. The molecular weight excluding hydrogens is 261 g/mol. The number of anilines is 1. The molecule has 0 aliphatic carbocycles. The van der Waals surface area contributed by atoms with Crippen molar-refractivity contribution < 1.29 is 19.0 Å². The number of carbonyl (C=O) groups excluding carboxylic acids is 1. The fraction of sp³-hybridized carbons (Fsp3) is 0.133. The highest BCUT2D eigenvalue weighted by atomic mass is 19.1. The van der Waals surface area contributed by atoms with Crippen LogP contribution in [0.15, 0.2) is 48.5 Å². The van der Waals surface area contributed by atoms with Gasteiger partial charge < -0.3 is 15.2 Å². The van der Waals surface area contributed by atoms with Crippen molar-refractivity contribution in [3.8, 4) is 5.75 Å². The summed E-state index contributed by atoms with van der Waals surface area (Å²) >= 11 is 0. The maximum Gasteiger partial charge on any atom is 0.262 e. The van der Waals surface area contributed by atoms with Gasteiger partial charge in [0.2, 0.25) is 0 Å². The van der Waals surface area contributed by atoms with Crippen molar-refractivity contribution in [2.24, 2.45) is 0 Å². The minimum atomic E-state index is -0.359. The lowest BCUT2D eigenvalue weighted by molar-refractivity contribution is -0.118. The van der Waals surface area contributed by atoms with Gasteiger partial charge in [0, 0.05) is 5.69 Å². The Hall–Kier alpha value is -2.40. The van der Waals surface area contributed by atoms with Gasteiger partial charge in [0.25, 0.3) is 5.91 Å². The summed E-state index contributed by atoms with van der Waals surface area (Å²) < 4.78 is 17.9. The van der Waals surface area contributed by atoms with Crippen LogP contribution >= 0.6 is 0 Å². The standard InChI is InChI=1S/C15H14FNO3/c16-12-4-6-14(7-5-12)20-10-15(19)17-13-3-1-2-11(8-13)9-18/h1-8,18H,9-10H2,(H,17,19). The second-order valence-electron chi connectivity index (χ2n) is 4.15. The Morgan fingerprint density at radius 1 is 1.20 bits per heavy atom. The van der Waals surface area contributed by atoms with Gasteiger partial charge in [-0.2, -0.15) is 0 Å². The van der Waals surface area contributed by atoms with Gasteiger partial charge in [-0.05, 0) is 42.0 Å². The van der Waals surface area contributed by atoms with Gasteiger partial charge in [0.15, 0.2) is 6.61 Å². The average molecular weight is 275 g/mol. The molecule has 0 bridgehead atoms. The molecular formula is C15H14FNO3. The minimum absolute atomic E-state index is 0.0875. The lowest BCUT2D eigenvalue weighted by Gasteiger charge is -2.08. The minimum Gasteiger partial charge on any atom is -0.484 e. The maximum absolute atomic E-state index is 12.7. The van der Waals surface area contributed by atoms with E-state index in [1.165, 1.54) is 24.3 Å². The number of aliphatic hydroxyl groups excluding tert-OH is 1. The zero-order valence-corrected chi connectivity index (χ0v) is 10.7. The number of nitrogens with one attached hydrogen (secondary N) is 1. The summed E-state index contributed by atoms with van der Waals surface area (Å²) in [5.74, 6) is -0.266. The predicted molar refractivity (Wildman–Crippen MR) is 72.9 cm³/mol. The first-order valence-electron chi connectivity index (χ1n) is 6.05. The molecule has 20 heavy (non-hydrogen) atoms. The molecule has 0 spiro atoms. The Balaban J connectivity index is 1.87. The third-order valence-electron chi connectivity index (χ3n) is 2.58. The van der Waals surface area contributed by atoms with Crippen LogP contribution in [0.25, 0.3) is 0 Å².